The van der Waals surface area contributed by atoms with Gasteiger partial charge in [0.25, 0.3) is 0 Å². The van der Waals surface area contributed by atoms with Crippen molar-refractivity contribution in [2.75, 3.05) is 0 Å². The van der Waals surface area contributed by atoms with E-state index in [4.69, 9.17) is 0 Å². The van der Waals surface area contributed by atoms with Gasteiger partial charge in [0.1, 0.15) is 5.82 Å². The van der Waals surface area contributed by atoms with Crippen LogP contribution in [-0.4, -0.2) is 5.11 Å². The first-order valence-corrected chi connectivity index (χ1v) is 4.22. The van der Waals surface area contributed by atoms with E-state index in [1.54, 1.807) is 31.2 Å². The molecular weight excluding hydrogens is 167 g/mol. The molecule has 13 heavy (non-hydrogen) atoms. The lowest BCUT2D eigenvalue weighted by molar-refractivity contribution is 0.223. The van der Waals surface area contributed by atoms with Crippen molar-refractivity contribution in [3.63, 3.8) is 0 Å². The summed E-state index contributed by atoms with van der Waals surface area (Å²) in [7, 11) is 0. The number of rotatable bonds is 2. The van der Waals surface area contributed by atoms with Crippen LogP contribution in [0.2, 0.25) is 0 Å². The van der Waals surface area contributed by atoms with E-state index in [0.29, 0.717) is 5.56 Å². The molecule has 0 saturated carbocycles. The first-order chi connectivity index (χ1) is 6.15. The maximum atomic E-state index is 13.1. The van der Waals surface area contributed by atoms with E-state index in [1.807, 2.05) is 6.92 Å². The zero-order chi connectivity index (χ0) is 9.84. The smallest absolute Gasteiger partial charge is 0.129 e. The van der Waals surface area contributed by atoms with Crippen molar-refractivity contribution >= 4 is 0 Å². The van der Waals surface area contributed by atoms with E-state index in [9.17, 15) is 9.50 Å². The van der Waals surface area contributed by atoms with Crippen molar-refractivity contribution in [2.45, 2.75) is 20.0 Å². The fourth-order valence-electron chi connectivity index (χ4n) is 1.18. The summed E-state index contributed by atoms with van der Waals surface area (Å²) in [6, 6.07) is 4.71. The van der Waals surface area contributed by atoms with Crippen molar-refractivity contribution in [2.24, 2.45) is 0 Å². The van der Waals surface area contributed by atoms with Gasteiger partial charge in [0.05, 0.1) is 6.10 Å². The predicted octanol–water partition coefficient (Wildman–Crippen LogP) is 2.74. The number of benzene rings is 1. The normalized spacial score (nSPS) is 13.5. The largest absolute Gasteiger partial charge is 0.384 e. The van der Waals surface area contributed by atoms with E-state index < -0.39 is 6.10 Å². The number of allylic oxidation sites excluding steroid dienone is 1. The van der Waals surface area contributed by atoms with Crippen molar-refractivity contribution in [1.29, 1.82) is 0 Å². The molecular formula is C11H13FO. The summed E-state index contributed by atoms with van der Waals surface area (Å²) < 4.78 is 13.1. The predicted molar refractivity (Wildman–Crippen MR) is 50.9 cm³/mol. The summed E-state index contributed by atoms with van der Waals surface area (Å²) in [5.41, 5.74) is 1.28. The van der Waals surface area contributed by atoms with Gasteiger partial charge in [0, 0.05) is 5.56 Å². The van der Waals surface area contributed by atoms with Crippen LogP contribution in [0.25, 0.3) is 0 Å². The van der Waals surface area contributed by atoms with Gasteiger partial charge in [-0.2, -0.15) is 0 Å². The van der Waals surface area contributed by atoms with Crippen LogP contribution in [0.15, 0.2) is 30.4 Å². The van der Waals surface area contributed by atoms with Gasteiger partial charge in [-0.1, -0.05) is 29.8 Å². The summed E-state index contributed by atoms with van der Waals surface area (Å²) in [6.07, 6.45) is 2.41. The first-order valence-electron chi connectivity index (χ1n) is 4.22. The van der Waals surface area contributed by atoms with E-state index >= 15 is 0 Å². The van der Waals surface area contributed by atoms with Gasteiger partial charge < -0.3 is 5.11 Å². The van der Waals surface area contributed by atoms with E-state index in [-0.39, 0.29) is 5.82 Å². The third-order valence-corrected chi connectivity index (χ3v) is 1.84. The summed E-state index contributed by atoms with van der Waals surface area (Å²) in [5.74, 6) is -0.365. The van der Waals surface area contributed by atoms with Crippen molar-refractivity contribution in [3.8, 4) is 0 Å². The van der Waals surface area contributed by atoms with E-state index in [2.05, 4.69) is 0 Å². The molecule has 0 aromatic heterocycles. The molecule has 0 saturated heterocycles. The van der Waals surface area contributed by atoms with Gasteiger partial charge in [-0.25, -0.2) is 4.39 Å². The standard InChI is InChI=1S/C11H13FO/c1-3-4-11(13)9-7-8(2)5-6-10(9)12/h3-7,11,13H,1-2H3/b4-3+. The van der Waals surface area contributed by atoms with E-state index in [0.717, 1.165) is 5.56 Å². The summed E-state index contributed by atoms with van der Waals surface area (Å²) >= 11 is 0. The molecule has 0 aliphatic carbocycles. The van der Waals surface area contributed by atoms with E-state index in [1.165, 1.54) is 6.07 Å². The highest BCUT2D eigenvalue weighted by atomic mass is 19.1. The molecule has 0 bridgehead atoms. The maximum absolute atomic E-state index is 13.1. The molecule has 0 amide bonds. The highest BCUT2D eigenvalue weighted by Gasteiger charge is 2.08. The lowest BCUT2D eigenvalue weighted by Gasteiger charge is -2.07. The van der Waals surface area contributed by atoms with Gasteiger partial charge in [0.2, 0.25) is 0 Å². The lowest BCUT2D eigenvalue weighted by Crippen LogP contribution is -1.97. The van der Waals surface area contributed by atoms with Gasteiger partial charge >= 0.3 is 0 Å². The second kappa shape index (κ2) is 4.19. The fraction of sp³-hybridized carbons (Fsp3) is 0.273. The highest BCUT2D eigenvalue weighted by molar-refractivity contribution is 5.27. The van der Waals surface area contributed by atoms with Crippen molar-refractivity contribution in [3.05, 3.63) is 47.3 Å². The third kappa shape index (κ3) is 2.39. The number of aliphatic hydroxyl groups is 1. The molecule has 1 atom stereocenters. The SMILES string of the molecule is C/C=C/C(O)c1cc(C)ccc1F. The fourth-order valence-corrected chi connectivity index (χ4v) is 1.18. The number of aryl methyl sites for hydroxylation is 1. The highest BCUT2D eigenvalue weighted by Crippen LogP contribution is 2.19. The Kier molecular flexibility index (Phi) is 3.20. The van der Waals surface area contributed by atoms with Gasteiger partial charge in [0.15, 0.2) is 0 Å². The summed E-state index contributed by atoms with van der Waals surface area (Å²) in [5, 5.41) is 9.50. The zero-order valence-corrected chi connectivity index (χ0v) is 7.79. The van der Waals surface area contributed by atoms with Crippen LogP contribution in [0, 0.1) is 12.7 Å². The van der Waals surface area contributed by atoms with Gasteiger partial charge in [-0.3, -0.25) is 0 Å². The molecule has 2 heteroatoms. The Labute approximate surface area is 77.5 Å². The minimum atomic E-state index is -0.843. The van der Waals surface area contributed by atoms with Crippen LogP contribution in [0.1, 0.15) is 24.2 Å². The first kappa shape index (κ1) is 9.93. The lowest BCUT2D eigenvalue weighted by atomic mass is 10.1. The molecule has 70 valence electrons. The Balaban J connectivity index is 3.05. The van der Waals surface area contributed by atoms with Crippen LogP contribution >= 0.6 is 0 Å². The molecule has 1 aromatic carbocycles. The molecule has 1 unspecified atom stereocenters. The third-order valence-electron chi connectivity index (χ3n) is 1.84. The monoisotopic (exact) mass is 180 g/mol. The quantitative estimate of drug-likeness (QED) is 0.694. The van der Waals surface area contributed by atoms with Crippen LogP contribution in [0.4, 0.5) is 4.39 Å². The molecule has 1 rings (SSSR count). The van der Waals surface area contributed by atoms with Crippen LogP contribution in [-0.2, 0) is 0 Å². The summed E-state index contributed by atoms with van der Waals surface area (Å²) in [6.45, 7) is 3.66. The minimum absolute atomic E-state index is 0.332. The Morgan fingerprint density at radius 3 is 2.77 bits per heavy atom. The second-order valence-electron chi connectivity index (χ2n) is 3.00. The average Bonchev–Trinajstić information content (AvgIpc) is 2.09. The minimum Gasteiger partial charge on any atom is -0.384 e. The molecule has 1 N–H and O–H groups in total. The molecule has 0 radical (unpaired) electrons. The Morgan fingerprint density at radius 1 is 1.46 bits per heavy atom. The number of hydrogen-bond acceptors (Lipinski definition) is 1. The van der Waals surface area contributed by atoms with Crippen molar-refractivity contribution in [1.82, 2.24) is 0 Å². The molecule has 0 spiro atoms. The Bertz CT molecular complexity index is 318. The molecule has 0 fully saturated rings. The van der Waals surface area contributed by atoms with Crippen LogP contribution in [0.3, 0.4) is 0 Å². The molecule has 0 aliphatic rings. The van der Waals surface area contributed by atoms with Crippen LogP contribution in [0.5, 0.6) is 0 Å². The van der Waals surface area contributed by atoms with Gasteiger partial charge in [-0.15, -0.1) is 0 Å². The number of hydrogen-bond donors (Lipinski definition) is 1. The van der Waals surface area contributed by atoms with Crippen molar-refractivity contribution < 1.29 is 9.50 Å². The number of halogens is 1. The van der Waals surface area contributed by atoms with Gasteiger partial charge in [-0.05, 0) is 19.9 Å². The Hall–Kier alpha value is -1.15. The molecule has 0 aliphatic heterocycles. The van der Waals surface area contributed by atoms with Crippen LogP contribution < -0.4 is 0 Å². The molecule has 0 heterocycles. The maximum Gasteiger partial charge on any atom is 0.129 e. The molecule has 1 nitrogen and oxygen atoms in total. The molecule has 1 aromatic rings. The number of aliphatic hydroxyl groups excluding tert-OH is 1. The second-order valence-corrected chi connectivity index (χ2v) is 3.00. The average molecular weight is 180 g/mol. The zero-order valence-electron chi connectivity index (χ0n) is 7.79. The topological polar surface area (TPSA) is 20.2 Å². The summed E-state index contributed by atoms with van der Waals surface area (Å²) in [4.78, 5) is 0. The Morgan fingerprint density at radius 2 is 2.15 bits per heavy atom.